The van der Waals surface area contributed by atoms with E-state index < -0.39 is 0 Å². The molecule has 0 amide bonds. The van der Waals surface area contributed by atoms with E-state index in [2.05, 4.69) is 21.2 Å². The second-order valence-electron chi connectivity index (χ2n) is 5.26. The van der Waals surface area contributed by atoms with Crippen molar-refractivity contribution in [3.8, 4) is 0 Å². The molecule has 1 N–H and O–H groups in total. The summed E-state index contributed by atoms with van der Waals surface area (Å²) in [5.74, 6) is 1.60. The number of nitro groups is 1. The van der Waals surface area contributed by atoms with Crippen molar-refractivity contribution in [3.05, 3.63) is 32.8 Å². The van der Waals surface area contributed by atoms with Gasteiger partial charge in [0.1, 0.15) is 5.69 Å². The highest BCUT2D eigenvalue weighted by Crippen LogP contribution is 2.50. The summed E-state index contributed by atoms with van der Waals surface area (Å²) in [5.41, 5.74) is 0.813. The van der Waals surface area contributed by atoms with Crippen molar-refractivity contribution in [1.29, 1.82) is 0 Å². The van der Waals surface area contributed by atoms with Crippen molar-refractivity contribution >= 4 is 27.3 Å². The molecule has 3 atom stereocenters. The van der Waals surface area contributed by atoms with Crippen LogP contribution < -0.4 is 5.32 Å². The summed E-state index contributed by atoms with van der Waals surface area (Å²) in [6.07, 6.45) is 5.00. The van der Waals surface area contributed by atoms with Crippen molar-refractivity contribution in [2.45, 2.75) is 31.7 Å². The lowest BCUT2D eigenvalue weighted by molar-refractivity contribution is -0.384. The Morgan fingerprint density at radius 2 is 2.22 bits per heavy atom. The molecule has 2 aliphatic rings. The zero-order valence-corrected chi connectivity index (χ0v) is 11.5. The van der Waals surface area contributed by atoms with Crippen LogP contribution in [-0.2, 0) is 0 Å². The van der Waals surface area contributed by atoms with Gasteiger partial charge in [0.2, 0.25) is 0 Å². The molecule has 0 aliphatic heterocycles. The topological polar surface area (TPSA) is 55.2 Å². The summed E-state index contributed by atoms with van der Waals surface area (Å²) in [7, 11) is 0. The van der Waals surface area contributed by atoms with E-state index in [1.807, 2.05) is 6.07 Å². The molecule has 1 aromatic carbocycles. The van der Waals surface area contributed by atoms with E-state index in [4.69, 9.17) is 0 Å². The van der Waals surface area contributed by atoms with Gasteiger partial charge in [-0.1, -0.05) is 28.8 Å². The normalized spacial score (nSPS) is 29.5. The van der Waals surface area contributed by atoms with Crippen LogP contribution in [0.1, 0.15) is 25.7 Å². The maximum absolute atomic E-state index is 11.1. The zero-order valence-electron chi connectivity index (χ0n) is 9.93. The molecule has 18 heavy (non-hydrogen) atoms. The number of halogens is 1. The molecule has 0 heterocycles. The third kappa shape index (κ3) is 2.23. The monoisotopic (exact) mass is 310 g/mol. The Morgan fingerprint density at radius 1 is 1.39 bits per heavy atom. The number of anilines is 1. The molecule has 0 radical (unpaired) electrons. The second-order valence-corrected chi connectivity index (χ2v) is 6.18. The summed E-state index contributed by atoms with van der Waals surface area (Å²) in [6.45, 7) is 0. The first-order valence-electron chi connectivity index (χ1n) is 6.35. The maximum Gasteiger partial charge on any atom is 0.293 e. The van der Waals surface area contributed by atoms with Crippen LogP contribution in [0.3, 0.4) is 0 Å². The van der Waals surface area contributed by atoms with Crippen LogP contribution in [0.25, 0.3) is 0 Å². The lowest BCUT2D eigenvalue weighted by Crippen LogP contribution is -2.25. The number of nitrogens with zero attached hydrogens (tertiary/aromatic N) is 1. The van der Waals surface area contributed by atoms with Gasteiger partial charge in [0, 0.05) is 16.6 Å². The van der Waals surface area contributed by atoms with Gasteiger partial charge in [0.05, 0.1) is 4.92 Å². The first-order valence-corrected chi connectivity index (χ1v) is 7.15. The Bertz CT molecular complexity index is 492. The highest BCUT2D eigenvalue weighted by molar-refractivity contribution is 9.10. The van der Waals surface area contributed by atoms with Crippen molar-refractivity contribution in [1.82, 2.24) is 0 Å². The van der Waals surface area contributed by atoms with Crippen molar-refractivity contribution in [2.75, 3.05) is 5.32 Å². The number of nitrogens with one attached hydrogen (secondary N) is 1. The molecule has 0 spiro atoms. The highest BCUT2D eigenvalue weighted by Gasteiger charge is 2.45. The lowest BCUT2D eigenvalue weighted by Gasteiger charge is -2.23. The van der Waals surface area contributed by atoms with Crippen molar-refractivity contribution in [3.63, 3.8) is 0 Å². The fourth-order valence-corrected chi connectivity index (χ4v) is 3.42. The molecule has 2 aliphatic carbocycles. The Hall–Kier alpha value is -1.10. The van der Waals surface area contributed by atoms with E-state index in [0.717, 1.165) is 22.7 Å². The predicted molar refractivity (Wildman–Crippen MR) is 73.7 cm³/mol. The van der Waals surface area contributed by atoms with Gasteiger partial charge in [0.25, 0.3) is 5.69 Å². The summed E-state index contributed by atoms with van der Waals surface area (Å²) < 4.78 is 0.743. The molecular formula is C13H15BrN2O2. The smallest absolute Gasteiger partial charge is 0.293 e. The fourth-order valence-electron chi connectivity index (χ4n) is 3.07. The maximum atomic E-state index is 11.1. The van der Waals surface area contributed by atoms with Crippen LogP contribution in [0, 0.1) is 22.0 Å². The summed E-state index contributed by atoms with van der Waals surface area (Å²) >= 11 is 3.28. The number of rotatable bonds is 3. The molecule has 4 nitrogen and oxygen atoms in total. The molecule has 1 aromatic rings. The van der Waals surface area contributed by atoms with Gasteiger partial charge in [-0.25, -0.2) is 0 Å². The number of hydrogen-bond donors (Lipinski definition) is 1. The largest absolute Gasteiger partial charge is 0.376 e. The molecule has 0 saturated heterocycles. The summed E-state index contributed by atoms with van der Waals surface area (Å²) in [5, 5.41) is 14.4. The van der Waals surface area contributed by atoms with Crippen molar-refractivity contribution in [2.24, 2.45) is 11.8 Å². The SMILES string of the molecule is O=[N+]([O-])c1cc(Br)ccc1NC1CCC[C@H]2C[C@@H]12. The predicted octanol–water partition coefficient (Wildman–Crippen LogP) is 3.96. The minimum atomic E-state index is -0.319. The Morgan fingerprint density at radius 3 is 3.00 bits per heavy atom. The van der Waals surface area contributed by atoms with Gasteiger partial charge in [-0.3, -0.25) is 10.1 Å². The number of hydrogen-bond acceptors (Lipinski definition) is 3. The standard InChI is InChI=1S/C13H15BrN2O2/c14-9-4-5-12(13(7-9)16(17)18)15-11-3-1-2-8-6-10(8)11/h4-5,7-8,10-11,15H,1-3,6H2/t8-,10+,11?/m0/s1. The Kier molecular flexibility index (Phi) is 3.01. The molecule has 0 aromatic heterocycles. The first kappa shape index (κ1) is 12.0. The first-order chi connectivity index (χ1) is 8.65. The average molecular weight is 311 g/mol. The molecule has 1 unspecified atom stereocenters. The van der Waals surface area contributed by atoms with Gasteiger partial charge in [-0.15, -0.1) is 0 Å². The van der Waals surface area contributed by atoms with Crippen LogP contribution in [0.4, 0.5) is 11.4 Å². The molecular weight excluding hydrogens is 296 g/mol. The van der Waals surface area contributed by atoms with Crippen LogP contribution >= 0.6 is 15.9 Å². The third-order valence-corrected chi connectivity index (χ3v) is 4.57. The molecule has 2 saturated carbocycles. The molecule has 3 rings (SSSR count). The number of fused-ring (bicyclic) bond motifs is 1. The van der Waals surface area contributed by atoms with Crippen LogP contribution in [0.5, 0.6) is 0 Å². The minimum Gasteiger partial charge on any atom is -0.376 e. The lowest BCUT2D eigenvalue weighted by atomic mass is 9.95. The number of nitro benzene ring substituents is 1. The Labute approximate surface area is 114 Å². The molecule has 2 fully saturated rings. The van der Waals surface area contributed by atoms with Crippen LogP contribution in [-0.4, -0.2) is 11.0 Å². The second kappa shape index (κ2) is 4.53. The van der Waals surface area contributed by atoms with E-state index in [1.165, 1.54) is 19.3 Å². The van der Waals surface area contributed by atoms with E-state index in [-0.39, 0.29) is 10.6 Å². The van der Waals surface area contributed by atoms with Crippen LogP contribution in [0.2, 0.25) is 0 Å². The van der Waals surface area contributed by atoms with E-state index in [9.17, 15) is 10.1 Å². The Balaban J connectivity index is 1.81. The van der Waals surface area contributed by atoms with E-state index in [1.54, 1.807) is 12.1 Å². The summed E-state index contributed by atoms with van der Waals surface area (Å²) in [6, 6.07) is 5.63. The molecule has 96 valence electrons. The van der Waals surface area contributed by atoms with E-state index >= 15 is 0 Å². The third-order valence-electron chi connectivity index (χ3n) is 4.08. The molecule has 0 bridgehead atoms. The molecule has 5 heteroatoms. The van der Waals surface area contributed by atoms with Gasteiger partial charge < -0.3 is 5.32 Å². The van der Waals surface area contributed by atoms with Gasteiger partial charge in [-0.2, -0.15) is 0 Å². The highest BCUT2D eigenvalue weighted by atomic mass is 79.9. The fraction of sp³-hybridized carbons (Fsp3) is 0.538. The van der Waals surface area contributed by atoms with Gasteiger partial charge >= 0.3 is 0 Å². The summed E-state index contributed by atoms with van der Waals surface area (Å²) in [4.78, 5) is 10.7. The zero-order chi connectivity index (χ0) is 12.7. The quantitative estimate of drug-likeness (QED) is 0.679. The van der Waals surface area contributed by atoms with Crippen LogP contribution in [0.15, 0.2) is 22.7 Å². The van der Waals surface area contributed by atoms with Gasteiger partial charge in [0.15, 0.2) is 0 Å². The average Bonchev–Trinajstić information content (AvgIpc) is 3.11. The minimum absolute atomic E-state index is 0.159. The van der Waals surface area contributed by atoms with E-state index in [0.29, 0.717) is 11.7 Å². The number of benzene rings is 1. The van der Waals surface area contributed by atoms with Gasteiger partial charge in [-0.05, 0) is 36.8 Å². The van der Waals surface area contributed by atoms with Crippen molar-refractivity contribution < 1.29 is 4.92 Å².